The van der Waals surface area contributed by atoms with Crippen LogP contribution in [0.3, 0.4) is 0 Å². The smallest absolute Gasteiger partial charge is 0.128 e. The third-order valence-electron chi connectivity index (χ3n) is 4.34. The van der Waals surface area contributed by atoms with Gasteiger partial charge in [0, 0.05) is 10.3 Å². The van der Waals surface area contributed by atoms with E-state index in [2.05, 4.69) is 26.8 Å². The summed E-state index contributed by atoms with van der Waals surface area (Å²) in [6.45, 7) is 6.75. The minimum absolute atomic E-state index is 0.299. The Morgan fingerprint density at radius 3 is 2.47 bits per heavy atom. The van der Waals surface area contributed by atoms with Crippen molar-refractivity contribution >= 4 is 17.0 Å². The molecule has 0 aliphatic heterocycles. The molecule has 1 saturated carbocycles. The molecule has 1 heterocycles. The van der Waals surface area contributed by atoms with E-state index in [1.54, 1.807) is 11.3 Å². The second-order valence-corrected chi connectivity index (χ2v) is 7.22. The van der Waals surface area contributed by atoms with Gasteiger partial charge in [0.1, 0.15) is 10.9 Å². The van der Waals surface area contributed by atoms with Gasteiger partial charge in [-0.15, -0.1) is 11.3 Å². The van der Waals surface area contributed by atoms with Gasteiger partial charge in [-0.1, -0.05) is 33.6 Å². The van der Waals surface area contributed by atoms with Crippen molar-refractivity contribution < 1.29 is 0 Å². The molecule has 3 heteroatoms. The van der Waals surface area contributed by atoms with E-state index in [4.69, 9.17) is 5.73 Å². The van der Waals surface area contributed by atoms with E-state index in [1.165, 1.54) is 42.5 Å². The molecule has 1 fully saturated rings. The van der Waals surface area contributed by atoms with Crippen LogP contribution in [0.4, 0.5) is 5.69 Å². The van der Waals surface area contributed by atoms with Gasteiger partial charge in [0.15, 0.2) is 0 Å². The molecule has 2 rings (SSSR count). The number of thiophene rings is 1. The highest BCUT2D eigenvalue weighted by atomic mass is 32.1. The van der Waals surface area contributed by atoms with E-state index in [9.17, 15) is 5.26 Å². The van der Waals surface area contributed by atoms with Crippen LogP contribution >= 0.6 is 11.3 Å². The highest BCUT2D eigenvalue weighted by Crippen LogP contribution is 2.51. The topological polar surface area (TPSA) is 49.8 Å². The van der Waals surface area contributed by atoms with Crippen molar-refractivity contribution in [2.75, 3.05) is 5.73 Å². The first kappa shape index (κ1) is 14.4. The summed E-state index contributed by atoms with van der Waals surface area (Å²) in [7, 11) is 0. The van der Waals surface area contributed by atoms with E-state index >= 15 is 0 Å². The van der Waals surface area contributed by atoms with Crippen molar-refractivity contribution in [2.45, 2.75) is 64.7 Å². The zero-order valence-electron chi connectivity index (χ0n) is 12.3. The van der Waals surface area contributed by atoms with E-state index in [0.717, 1.165) is 17.0 Å². The fraction of sp³-hybridized carbons (Fsp3) is 0.688. The molecule has 0 atom stereocenters. The first-order chi connectivity index (χ1) is 9.04. The fourth-order valence-corrected chi connectivity index (χ4v) is 5.06. The minimum Gasteiger partial charge on any atom is -0.397 e. The molecule has 2 nitrogen and oxygen atoms in total. The van der Waals surface area contributed by atoms with Crippen molar-refractivity contribution in [2.24, 2.45) is 5.92 Å². The lowest BCUT2D eigenvalue weighted by atomic mass is 9.75. The van der Waals surface area contributed by atoms with Crippen LogP contribution in [-0.4, -0.2) is 0 Å². The van der Waals surface area contributed by atoms with Crippen LogP contribution in [0, 0.1) is 17.2 Å². The van der Waals surface area contributed by atoms with Gasteiger partial charge in [0.05, 0.1) is 5.69 Å². The highest BCUT2D eigenvalue weighted by molar-refractivity contribution is 7.13. The summed E-state index contributed by atoms with van der Waals surface area (Å²) >= 11 is 1.66. The first-order valence-electron chi connectivity index (χ1n) is 7.35. The molecule has 0 unspecified atom stereocenters. The maximum atomic E-state index is 9.24. The van der Waals surface area contributed by atoms with E-state index in [-0.39, 0.29) is 0 Å². The molecule has 1 aliphatic carbocycles. The highest BCUT2D eigenvalue weighted by Gasteiger charge is 2.39. The number of anilines is 1. The number of nitrogens with zero attached hydrogens (tertiary/aromatic N) is 1. The van der Waals surface area contributed by atoms with Crippen molar-refractivity contribution in [1.82, 2.24) is 0 Å². The maximum Gasteiger partial charge on any atom is 0.128 e. The van der Waals surface area contributed by atoms with Crippen molar-refractivity contribution in [3.8, 4) is 6.07 Å². The third-order valence-corrected chi connectivity index (χ3v) is 5.74. The fourth-order valence-electron chi connectivity index (χ4n) is 3.70. The maximum absolute atomic E-state index is 9.24. The molecule has 104 valence electrons. The van der Waals surface area contributed by atoms with Gasteiger partial charge < -0.3 is 5.73 Å². The molecular weight excluding hydrogens is 252 g/mol. The first-order valence-corrected chi connectivity index (χ1v) is 8.17. The predicted molar refractivity (Wildman–Crippen MR) is 82.4 cm³/mol. The molecule has 1 aliphatic rings. The van der Waals surface area contributed by atoms with Gasteiger partial charge in [0.2, 0.25) is 0 Å². The third kappa shape index (κ3) is 2.51. The molecule has 2 N–H and O–H groups in total. The van der Waals surface area contributed by atoms with Crippen LogP contribution in [0.15, 0.2) is 0 Å². The molecule has 0 bridgehead atoms. The Kier molecular flexibility index (Phi) is 4.20. The lowest BCUT2D eigenvalue weighted by molar-refractivity contribution is 0.351. The molecule has 1 aromatic rings. The standard InChI is InChI=1S/C16H24N2S/c1-4-12-14(18)13(10-17)19-15(12)16(9-11(2)3)7-5-6-8-16/h11H,4-9,18H2,1-3H3. The number of nitrogens with two attached hydrogens (primary N) is 1. The number of nitrogen functional groups attached to an aromatic ring is 1. The molecule has 0 saturated heterocycles. The van der Waals surface area contributed by atoms with E-state index in [0.29, 0.717) is 11.3 Å². The van der Waals surface area contributed by atoms with Crippen LogP contribution in [0.5, 0.6) is 0 Å². The van der Waals surface area contributed by atoms with Crippen molar-refractivity contribution in [3.63, 3.8) is 0 Å². The van der Waals surface area contributed by atoms with Crippen LogP contribution < -0.4 is 5.73 Å². The van der Waals surface area contributed by atoms with Crippen molar-refractivity contribution in [1.29, 1.82) is 5.26 Å². The minimum atomic E-state index is 0.299. The van der Waals surface area contributed by atoms with Gasteiger partial charge in [-0.05, 0) is 37.2 Å². The second-order valence-electron chi connectivity index (χ2n) is 6.20. The van der Waals surface area contributed by atoms with E-state index in [1.807, 2.05) is 0 Å². The molecule has 19 heavy (non-hydrogen) atoms. The van der Waals surface area contributed by atoms with Crippen LogP contribution in [0.2, 0.25) is 0 Å². The Hall–Kier alpha value is -1.01. The summed E-state index contributed by atoms with van der Waals surface area (Å²) in [5.74, 6) is 0.691. The van der Waals surface area contributed by atoms with Gasteiger partial charge in [0.25, 0.3) is 0 Å². The Morgan fingerprint density at radius 2 is 2.00 bits per heavy atom. The lowest BCUT2D eigenvalue weighted by Gasteiger charge is -2.31. The summed E-state index contributed by atoms with van der Waals surface area (Å²) in [5.41, 5.74) is 8.47. The zero-order chi connectivity index (χ0) is 14.0. The number of hydrogen-bond acceptors (Lipinski definition) is 3. The van der Waals surface area contributed by atoms with Gasteiger partial charge in [-0.25, -0.2) is 0 Å². The van der Waals surface area contributed by atoms with Gasteiger partial charge in [-0.3, -0.25) is 0 Å². The summed E-state index contributed by atoms with van der Waals surface area (Å²) in [6.07, 6.45) is 7.33. The summed E-state index contributed by atoms with van der Waals surface area (Å²) < 4.78 is 0. The largest absolute Gasteiger partial charge is 0.397 e. The molecule has 0 aromatic carbocycles. The molecule has 1 aromatic heterocycles. The summed E-state index contributed by atoms with van der Waals surface area (Å²) in [4.78, 5) is 2.15. The number of rotatable bonds is 4. The molecule has 0 amide bonds. The number of hydrogen-bond donors (Lipinski definition) is 1. The normalized spacial score (nSPS) is 17.8. The molecule has 0 spiro atoms. The quantitative estimate of drug-likeness (QED) is 0.872. The van der Waals surface area contributed by atoms with Gasteiger partial charge >= 0.3 is 0 Å². The monoisotopic (exact) mass is 276 g/mol. The van der Waals surface area contributed by atoms with Gasteiger partial charge in [-0.2, -0.15) is 5.26 Å². The van der Waals surface area contributed by atoms with Crippen LogP contribution in [0.1, 0.15) is 68.2 Å². The average Bonchev–Trinajstić information content (AvgIpc) is 2.93. The Balaban J connectivity index is 2.51. The molecule has 0 radical (unpaired) electrons. The SMILES string of the molecule is CCc1c(C2(CC(C)C)CCCC2)sc(C#N)c1N. The lowest BCUT2D eigenvalue weighted by Crippen LogP contribution is -2.24. The van der Waals surface area contributed by atoms with Crippen LogP contribution in [0.25, 0.3) is 0 Å². The Labute approximate surface area is 120 Å². The van der Waals surface area contributed by atoms with E-state index < -0.39 is 0 Å². The number of nitriles is 1. The summed E-state index contributed by atoms with van der Waals surface area (Å²) in [6, 6.07) is 2.28. The Morgan fingerprint density at radius 1 is 1.37 bits per heavy atom. The zero-order valence-corrected chi connectivity index (χ0v) is 13.1. The van der Waals surface area contributed by atoms with Crippen LogP contribution in [-0.2, 0) is 11.8 Å². The summed E-state index contributed by atoms with van der Waals surface area (Å²) in [5, 5.41) is 9.24. The Bertz CT molecular complexity index is 488. The predicted octanol–water partition coefficient (Wildman–Crippen LogP) is 4.62. The molecular formula is C16H24N2S. The second kappa shape index (κ2) is 5.54. The van der Waals surface area contributed by atoms with Crippen molar-refractivity contribution in [3.05, 3.63) is 15.3 Å². The average molecular weight is 276 g/mol.